The Morgan fingerprint density at radius 2 is 1.95 bits per heavy atom. The summed E-state index contributed by atoms with van der Waals surface area (Å²) in [5, 5.41) is 11.8. The number of rotatable bonds is 3. The van der Waals surface area contributed by atoms with E-state index in [0.29, 0.717) is 11.3 Å². The fourth-order valence-corrected chi connectivity index (χ4v) is 2.42. The van der Waals surface area contributed by atoms with E-state index in [1.165, 1.54) is 0 Å². The topological polar surface area (TPSA) is 70.7 Å². The van der Waals surface area contributed by atoms with Crippen LogP contribution in [0.2, 0.25) is 0 Å². The van der Waals surface area contributed by atoms with Gasteiger partial charge in [0.15, 0.2) is 0 Å². The molecular weight excluding hydrogens is 276 g/mol. The SMILES string of the molecule is Cc1nc2ccccc2n1CC(=O)Nc1ccccc1C#N. The molecule has 22 heavy (non-hydrogen) atoms. The molecule has 0 fully saturated rings. The van der Waals surface area contributed by atoms with Gasteiger partial charge in [-0.3, -0.25) is 4.79 Å². The van der Waals surface area contributed by atoms with Crippen molar-refractivity contribution in [2.75, 3.05) is 5.32 Å². The maximum atomic E-state index is 12.3. The lowest BCUT2D eigenvalue weighted by atomic mass is 10.2. The molecule has 5 nitrogen and oxygen atoms in total. The van der Waals surface area contributed by atoms with Crippen molar-refractivity contribution in [3.05, 3.63) is 59.9 Å². The highest BCUT2D eigenvalue weighted by Gasteiger charge is 2.12. The van der Waals surface area contributed by atoms with Crippen molar-refractivity contribution in [2.45, 2.75) is 13.5 Å². The van der Waals surface area contributed by atoms with Crippen LogP contribution in [0, 0.1) is 18.3 Å². The van der Waals surface area contributed by atoms with Crippen LogP contribution in [0.15, 0.2) is 48.5 Å². The number of nitriles is 1. The number of amides is 1. The van der Waals surface area contributed by atoms with Gasteiger partial charge in [0.05, 0.1) is 22.3 Å². The Bertz CT molecular complexity index is 889. The second-order valence-electron chi connectivity index (χ2n) is 4.94. The highest BCUT2D eigenvalue weighted by molar-refractivity contribution is 5.93. The molecule has 0 saturated carbocycles. The van der Waals surface area contributed by atoms with Crippen LogP contribution >= 0.6 is 0 Å². The molecule has 108 valence electrons. The average Bonchev–Trinajstić information content (AvgIpc) is 2.84. The van der Waals surface area contributed by atoms with E-state index in [4.69, 9.17) is 5.26 Å². The molecule has 1 heterocycles. The minimum atomic E-state index is -0.186. The third kappa shape index (κ3) is 2.54. The van der Waals surface area contributed by atoms with Crippen LogP contribution in [-0.2, 0) is 11.3 Å². The summed E-state index contributed by atoms with van der Waals surface area (Å²) >= 11 is 0. The zero-order valence-corrected chi connectivity index (χ0v) is 12.1. The summed E-state index contributed by atoms with van der Waals surface area (Å²) in [5.41, 5.74) is 2.76. The van der Waals surface area contributed by atoms with Gasteiger partial charge in [-0.1, -0.05) is 24.3 Å². The Balaban J connectivity index is 1.85. The van der Waals surface area contributed by atoms with Crippen molar-refractivity contribution >= 4 is 22.6 Å². The molecule has 1 aromatic heterocycles. The van der Waals surface area contributed by atoms with Gasteiger partial charge in [0.25, 0.3) is 0 Å². The highest BCUT2D eigenvalue weighted by atomic mass is 16.1. The third-order valence-corrected chi connectivity index (χ3v) is 3.47. The summed E-state index contributed by atoms with van der Waals surface area (Å²) in [6.45, 7) is 2.03. The van der Waals surface area contributed by atoms with Gasteiger partial charge in [0, 0.05) is 0 Å². The molecule has 3 aromatic rings. The largest absolute Gasteiger partial charge is 0.323 e. The normalized spacial score (nSPS) is 10.4. The Hall–Kier alpha value is -3.13. The molecule has 0 aliphatic carbocycles. The maximum Gasteiger partial charge on any atom is 0.244 e. The fourth-order valence-electron chi connectivity index (χ4n) is 2.42. The summed E-state index contributed by atoms with van der Waals surface area (Å²) in [6.07, 6.45) is 0. The number of hydrogen-bond acceptors (Lipinski definition) is 3. The Morgan fingerprint density at radius 1 is 1.23 bits per heavy atom. The van der Waals surface area contributed by atoms with E-state index >= 15 is 0 Å². The molecule has 1 N–H and O–H groups in total. The van der Waals surface area contributed by atoms with E-state index in [1.807, 2.05) is 35.8 Å². The monoisotopic (exact) mass is 290 g/mol. The number of carbonyl (C=O) groups is 1. The molecule has 2 aromatic carbocycles. The number of benzene rings is 2. The minimum absolute atomic E-state index is 0.159. The Labute approximate surface area is 127 Å². The van der Waals surface area contributed by atoms with Crippen LogP contribution in [0.25, 0.3) is 11.0 Å². The van der Waals surface area contributed by atoms with Gasteiger partial charge in [-0.2, -0.15) is 5.26 Å². The lowest BCUT2D eigenvalue weighted by molar-refractivity contribution is -0.116. The van der Waals surface area contributed by atoms with E-state index < -0.39 is 0 Å². The Morgan fingerprint density at radius 3 is 2.77 bits per heavy atom. The molecular formula is C17H14N4O. The van der Waals surface area contributed by atoms with Crippen LogP contribution in [0.1, 0.15) is 11.4 Å². The van der Waals surface area contributed by atoms with Gasteiger partial charge in [-0.15, -0.1) is 0 Å². The maximum absolute atomic E-state index is 12.3. The number of carbonyl (C=O) groups excluding carboxylic acids is 1. The number of hydrogen-bond donors (Lipinski definition) is 1. The smallest absolute Gasteiger partial charge is 0.244 e. The number of fused-ring (bicyclic) bond motifs is 1. The fraction of sp³-hybridized carbons (Fsp3) is 0.118. The van der Waals surface area contributed by atoms with E-state index in [2.05, 4.69) is 16.4 Å². The molecule has 0 aliphatic rings. The lowest BCUT2D eigenvalue weighted by Gasteiger charge is -2.09. The molecule has 0 aliphatic heterocycles. The van der Waals surface area contributed by atoms with Crippen LogP contribution in [-0.4, -0.2) is 15.5 Å². The van der Waals surface area contributed by atoms with Crippen molar-refractivity contribution in [3.8, 4) is 6.07 Å². The predicted octanol–water partition coefficient (Wildman–Crippen LogP) is 2.86. The summed E-state index contributed by atoms with van der Waals surface area (Å²) < 4.78 is 1.86. The van der Waals surface area contributed by atoms with Crippen molar-refractivity contribution in [1.29, 1.82) is 5.26 Å². The quantitative estimate of drug-likeness (QED) is 0.806. The number of nitrogens with zero attached hydrogens (tertiary/aromatic N) is 3. The minimum Gasteiger partial charge on any atom is -0.323 e. The van der Waals surface area contributed by atoms with E-state index in [-0.39, 0.29) is 12.5 Å². The molecule has 1 amide bonds. The lowest BCUT2D eigenvalue weighted by Crippen LogP contribution is -2.20. The van der Waals surface area contributed by atoms with Gasteiger partial charge >= 0.3 is 0 Å². The summed E-state index contributed by atoms with van der Waals surface area (Å²) in [6, 6.07) is 16.7. The van der Waals surface area contributed by atoms with Crippen LogP contribution in [0.3, 0.4) is 0 Å². The van der Waals surface area contributed by atoms with Crippen molar-refractivity contribution in [1.82, 2.24) is 9.55 Å². The number of aromatic nitrogens is 2. The summed E-state index contributed by atoms with van der Waals surface area (Å²) in [5.74, 6) is 0.596. The first kappa shape index (κ1) is 13.8. The van der Waals surface area contributed by atoms with Crippen molar-refractivity contribution < 1.29 is 4.79 Å². The molecule has 0 bridgehead atoms. The number of aryl methyl sites for hydroxylation is 1. The second-order valence-corrected chi connectivity index (χ2v) is 4.94. The second kappa shape index (κ2) is 5.70. The number of anilines is 1. The zero-order chi connectivity index (χ0) is 15.5. The van der Waals surface area contributed by atoms with E-state index in [1.54, 1.807) is 24.3 Å². The first-order valence-corrected chi connectivity index (χ1v) is 6.90. The first-order valence-electron chi connectivity index (χ1n) is 6.90. The van der Waals surface area contributed by atoms with E-state index in [0.717, 1.165) is 16.9 Å². The first-order chi connectivity index (χ1) is 10.7. The number of imidazole rings is 1. The van der Waals surface area contributed by atoms with Crippen LogP contribution in [0.4, 0.5) is 5.69 Å². The van der Waals surface area contributed by atoms with Crippen LogP contribution in [0.5, 0.6) is 0 Å². The van der Waals surface area contributed by atoms with Gasteiger partial charge in [0.1, 0.15) is 18.4 Å². The number of para-hydroxylation sites is 3. The average molecular weight is 290 g/mol. The molecule has 0 spiro atoms. The van der Waals surface area contributed by atoms with Gasteiger partial charge in [0.2, 0.25) is 5.91 Å². The molecule has 0 radical (unpaired) electrons. The van der Waals surface area contributed by atoms with Crippen molar-refractivity contribution in [2.24, 2.45) is 0 Å². The number of nitrogens with one attached hydrogen (secondary N) is 1. The van der Waals surface area contributed by atoms with Gasteiger partial charge < -0.3 is 9.88 Å². The molecule has 0 unspecified atom stereocenters. The molecule has 5 heteroatoms. The summed E-state index contributed by atoms with van der Waals surface area (Å²) in [4.78, 5) is 16.7. The molecule has 3 rings (SSSR count). The predicted molar refractivity (Wildman–Crippen MR) is 84.3 cm³/mol. The van der Waals surface area contributed by atoms with Crippen LogP contribution < -0.4 is 5.32 Å². The standard InChI is InChI=1S/C17H14N4O/c1-12-19-15-8-4-5-9-16(15)21(12)11-17(22)20-14-7-3-2-6-13(14)10-18/h2-9H,11H2,1H3,(H,20,22). The zero-order valence-electron chi connectivity index (χ0n) is 12.1. The van der Waals surface area contributed by atoms with E-state index in [9.17, 15) is 4.79 Å². The highest BCUT2D eigenvalue weighted by Crippen LogP contribution is 2.17. The van der Waals surface area contributed by atoms with Gasteiger partial charge in [-0.25, -0.2) is 4.98 Å². The molecule has 0 saturated heterocycles. The van der Waals surface area contributed by atoms with Gasteiger partial charge in [-0.05, 0) is 31.2 Å². The Kier molecular flexibility index (Phi) is 3.58. The third-order valence-electron chi connectivity index (χ3n) is 3.47. The summed E-state index contributed by atoms with van der Waals surface area (Å²) in [7, 11) is 0. The van der Waals surface area contributed by atoms with Crippen molar-refractivity contribution in [3.63, 3.8) is 0 Å². The molecule has 0 atom stereocenters.